The van der Waals surface area contributed by atoms with E-state index in [2.05, 4.69) is 0 Å². The molecule has 3 aromatic carbocycles. The molecule has 0 aliphatic carbocycles. The molecule has 1 aliphatic heterocycles. The predicted molar refractivity (Wildman–Crippen MR) is 134 cm³/mol. The number of benzene rings is 3. The number of aliphatic hydroxyl groups excluding tert-OH is 1. The minimum Gasteiger partial charge on any atom is -0.496 e. The summed E-state index contributed by atoms with van der Waals surface area (Å²) in [4.78, 5) is 0. The van der Waals surface area contributed by atoms with Crippen LogP contribution in [-0.4, -0.2) is 63.6 Å². The van der Waals surface area contributed by atoms with Crippen molar-refractivity contribution >= 4 is 10.0 Å². The summed E-state index contributed by atoms with van der Waals surface area (Å²) < 4.78 is 44.6. The number of nitrogens with zero attached hydrogens (tertiary/aromatic N) is 1. The molecule has 1 fully saturated rings. The zero-order chi connectivity index (χ0) is 25.1. The molecule has 35 heavy (non-hydrogen) atoms. The summed E-state index contributed by atoms with van der Waals surface area (Å²) in [5.74, 6) is 1.24. The largest absolute Gasteiger partial charge is 0.496 e. The summed E-state index contributed by atoms with van der Waals surface area (Å²) in [5.41, 5.74) is 1.15. The summed E-state index contributed by atoms with van der Waals surface area (Å²) in [6, 6.07) is 24.4. The van der Waals surface area contributed by atoms with Crippen molar-refractivity contribution in [1.82, 2.24) is 4.31 Å². The van der Waals surface area contributed by atoms with Crippen LogP contribution >= 0.6 is 0 Å². The maximum absolute atomic E-state index is 12.4. The molecule has 0 saturated carbocycles. The van der Waals surface area contributed by atoms with Crippen molar-refractivity contribution < 1.29 is 27.7 Å². The molecule has 186 valence electrons. The van der Waals surface area contributed by atoms with Crippen LogP contribution in [0.1, 0.15) is 23.1 Å². The molecule has 8 heteroatoms. The van der Waals surface area contributed by atoms with E-state index in [1.54, 1.807) is 14.2 Å². The first kappa shape index (κ1) is 25.2. The number of para-hydroxylation sites is 2. The van der Waals surface area contributed by atoms with E-state index in [-0.39, 0.29) is 19.6 Å². The van der Waals surface area contributed by atoms with E-state index in [0.29, 0.717) is 11.5 Å². The molecule has 1 N–H and O–H groups in total. The lowest BCUT2D eigenvalue weighted by Crippen LogP contribution is -2.42. The Morgan fingerprint density at radius 2 is 1.40 bits per heavy atom. The predicted octanol–water partition coefficient (Wildman–Crippen LogP) is 3.41. The molecule has 0 bridgehead atoms. The fourth-order valence-corrected chi connectivity index (χ4v) is 6.01. The Bertz CT molecular complexity index is 1200. The summed E-state index contributed by atoms with van der Waals surface area (Å²) in [6.07, 6.45) is 0.695. The Hall–Kier alpha value is -2.91. The van der Waals surface area contributed by atoms with Gasteiger partial charge in [0.2, 0.25) is 10.0 Å². The highest BCUT2D eigenvalue weighted by atomic mass is 32.2. The summed E-state index contributed by atoms with van der Waals surface area (Å²) in [5, 5.41) is 10.3. The molecular formula is C27H31NO6S. The van der Waals surface area contributed by atoms with Gasteiger partial charge in [-0.25, -0.2) is 8.42 Å². The Labute approximate surface area is 206 Å². The molecule has 2 atom stereocenters. The second-order valence-corrected chi connectivity index (χ2v) is 10.6. The minimum absolute atomic E-state index is 0.0501. The van der Waals surface area contributed by atoms with E-state index in [1.807, 2.05) is 78.9 Å². The number of β-amino-alcohol motifs (C(OH)–C–C–N with tert-alkyl or cyclic N) is 1. The van der Waals surface area contributed by atoms with Crippen molar-refractivity contribution in [2.24, 2.45) is 0 Å². The maximum Gasteiger partial charge on any atom is 0.211 e. The average Bonchev–Trinajstić information content (AvgIpc) is 3.27. The molecule has 1 saturated heterocycles. The van der Waals surface area contributed by atoms with Gasteiger partial charge in [-0.3, -0.25) is 0 Å². The first-order valence-corrected chi connectivity index (χ1v) is 13.3. The molecular weight excluding hydrogens is 466 g/mol. The standard InChI is InChI=1S/C27H31NO6S/c1-32-25-15-9-7-13-23(25)27(20-11-5-4-6-12-20,24-14-8-10-16-26(24)33-2)34-19-21-17-22(29)18-28(21)35(3,30)31/h4-16,21-22,29H,17-19H2,1-3H3. The van der Waals surface area contributed by atoms with Gasteiger partial charge in [-0.05, 0) is 24.1 Å². The van der Waals surface area contributed by atoms with Crippen LogP contribution in [0.5, 0.6) is 11.5 Å². The van der Waals surface area contributed by atoms with Crippen LogP contribution in [-0.2, 0) is 20.4 Å². The first-order valence-electron chi connectivity index (χ1n) is 11.4. The smallest absolute Gasteiger partial charge is 0.211 e. The Kier molecular flexibility index (Phi) is 7.47. The van der Waals surface area contributed by atoms with Gasteiger partial charge in [0.05, 0.1) is 39.2 Å². The van der Waals surface area contributed by atoms with Crippen LogP contribution in [0.2, 0.25) is 0 Å². The Morgan fingerprint density at radius 1 is 0.886 bits per heavy atom. The highest BCUT2D eigenvalue weighted by molar-refractivity contribution is 7.88. The van der Waals surface area contributed by atoms with Crippen molar-refractivity contribution in [1.29, 1.82) is 0 Å². The number of aliphatic hydroxyl groups is 1. The van der Waals surface area contributed by atoms with Crippen molar-refractivity contribution in [2.75, 3.05) is 33.6 Å². The normalized spacial score (nSPS) is 19.0. The third-order valence-corrected chi connectivity index (χ3v) is 7.71. The van der Waals surface area contributed by atoms with Gasteiger partial charge < -0.3 is 19.3 Å². The third kappa shape index (κ3) is 4.92. The molecule has 0 radical (unpaired) electrons. The second kappa shape index (κ2) is 10.4. The zero-order valence-electron chi connectivity index (χ0n) is 20.1. The van der Waals surface area contributed by atoms with Gasteiger partial charge >= 0.3 is 0 Å². The fraction of sp³-hybridized carbons (Fsp3) is 0.333. The summed E-state index contributed by atoms with van der Waals surface area (Å²) >= 11 is 0. The van der Waals surface area contributed by atoms with Gasteiger partial charge in [0.1, 0.15) is 11.5 Å². The highest BCUT2D eigenvalue weighted by Crippen LogP contribution is 2.47. The topological polar surface area (TPSA) is 85.3 Å². The van der Waals surface area contributed by atoms with E-state index in [4.69, 9.17) is 14.2 Å². The molecule has 0 spiro atoms. The Balaban J connectivity index is 1.94. The van der Waals surface area contributed by atoms with Crippen molar-refractivity contribution in [3.63, 3.8) is 0 Å². The molecule has 7 nitrogen and oxygen atoms in total. The van der Waals surface area contributed by atoms with Crippen LogP contribution < -0.4 is 9.47 Å². The van der Waals surface area contributed by atoms with Crippen LogP contribution in [0.4, 0.5) is 0 Å². The van der Waals surface area contributed by atoms with E-state index < -0.39 is 27.8 Å². The van der Waals surface area contributed by atoms with Gasteiger partial charge in [0, 0.05) is 17.7 Å². The van der Waals surface area contributed by atoms with Gasteiger partial charge in [0.25, 0.3) is 0 Å². The quantitative estimate of drug-likeness (QED) is 0.456. The number of hydrogen-bond donors (Lipinski definition) is 1. The van der Waals surface area contributed by atoms with Crippen LogP contribution in [0.3, 0.4) is 0 Å². The SMILES string of the molecule is COc1ccccc1C(OCC1CC(O)CN1S(C)(=O)=O)(c1ccccc1)c1ccccc1OC. The van der Waals surface area contributed by atoms with Gasteiger partial charge in [-0.2, -0.15) is 4.31 Å². The maximum atomic E-state index is 12.4. The Morgan fingerprint density at radius 3 is 1.91 bits per heavy atom. The van der Waals surface area contributed by atoms with E-state index in [1.165, 1.54) is 4.31 Å². The summed E-state index contributed by atoms with van der Waals surface area (Å²) in [7, 11) is -0.315. The van der Waals surface area contributed by atoms with Crippen LogP contribution in [0, 0.1) is 0 Å². The van der Waals surface area contributed by atoms with E-state index >= 15 is 0 Å². The van der Waals surface area contributed by atoms with Crippen molar-refractivity contribution in [3.8, 4) is 11.5 Å². The van der Waals surface area contributed by atoms with Crippen molar-refractivity contribution in [2.45, 2.75) is 24.2 Å². The van der Waals surface area contributed by atoms with Gasteiger partial charge in [0.15, 0.2) is 5.60 Å². The second-order valence-electron chi connectivity index (χ2n) is 8.63. The minimum atomic E-state index is -3.53. The number of hydrogen-bond acceptors (Lipinski definition) is 6. The fourth-order valence-electron chi connectivity index (χ4n) is 4.88. The highest BCUT2D eigenvalue weighted by Gasteiger charge is 2.45. The number of sulfonamides is 1. The summed E-state index contributed by atoms with van der Waals surface area (Å²) in [6.45, 7) is 0.101. The molecule has 3 aromatic rings. The lowest BCUT2D eigenvalue weighted by molar-refractivity contribution is -0.00907. The van der Waals surface area contributed by atoms with Crippen LogP contribution in [0.25, 0.3) is 0 Å². The van der Waals surface area contributed by atoms with E-state index in [0.717, 1.165) is 22.9 Å². The molecule has 2 unspecified atom stereocenters. The third-order valence-electron chi connectivity index (χ3n) is 6.41. The molecule has 0 amide bonds. The van der Waals surface area contributed by atoms with E-state index in [9.17, 15) is 13.5 Å². The lowest BCUT2D eigenvalue weighted by Gasteiger charge is -2.38. The number of ether oxygens (including phenoxy) is 3. The molecule has 0 aromatic heterocycles. The first-order chi connectivity index (χ1) is 16.8. The average molecular weight is 498 g/mol. The lowest BCUT2D eigenvalue weighted by atomic mass is 9.79. The van der Waals surface area contributed by atoms with Crippen LogP contribution in [0.15, 0.2) is 78.9 Å². The monoisotopic (exact) mass is 497 g/mol. The van der Waals surface area contributed by atoms with Crippen molar-refractivity contribution in [3.05, 3.63) is 95.6 Å². The number of rotatable bonds is 9. The molecule has 1 aliphatic rings. The molecule has 1 heterocycles. The van der Waals surface area contributed by atoms with Gasteiger partial charge in [-0.15, -0.1) is 0 Å². The zero-order valence-corrected chi connectivity index (χ0v) is 20.9. The molecule has 4 rings (SSSR count). The van der Waals surface area contributed by atoms with Gasteiger partial charge in [-0.1, -0.05) is 66.7 Å². The number of methoxy groups -OCH3 is 2.